The Labute approximate surface area is 131 Å². The molecule has 0 atom stereocenters. The normalized spacial score (nSPS) is 11.5. The Bertz CT molecular complexity index is 668. The van der Waals surface area contributed by atoms with Crippen molar-refractivity contribution in [2.45, 2.75) is 19.3 Å². The highest BCUT2D eigenvalue weighted by atomic mass is 19.4. The maximum atomic E-state index is 12.0. The van der Waals surface area contributed by atoms with Crippen molar-refractivity contribution in [2.24, 2.45) is 7.05 Å². The van der Waals surface area contributed by atoms with E-state index in [2.05, 4.69) is 15.2 Å². The Kier molecular flexibility index (Phi) is 5.38. The van der Waals surface area contributed by atoms with E-state index < -0.39 is 12.8 Å². The van der Waals surface area contributed by atoms with Crippen molar-refractivity contribution in [2.75, 3.05) is 6.61 Å². The Morgan fingerprint density at radius 1 is 1.35 bits per heavy atom. The van der Waals surface area contributed by atoms with Gasteiger partial charge in [0.1, 0.15) is 6.61 Å². The van der Waals surface area contributed by atoms with Gasteiger partial charge in [-0.3, -0.25) is 9.48 Å². The molecule has 5 nitrogen and oxygen atoms in total. The van der Waals surface area contributed by atoms with Gasteiger partial charge in [-0.05, 0) is 23.8 Å². The molecule has 1 heterocycles. The Morgan fingerprint density at radius 2 is 2.13 bits per heavy atom. The third-order valence-corrected chi connectivity index (χ3v) is 2.92. The van der Waals surface area contributed by atoms with Crippen LogP contribution in [0.25, 0.3) is 0 Å². The summed E-state index contributed by atoms with van der Waals surface area (Å²) < 4.78 is 42.3. The van der Waals surface area contributed by atoms with E-state index in [1.807, 2.05) is 0 Å². The number of hydrogen-bond donors (Lipinski definition) is 1. The first-order chi connectivity index (χ1) is 10.8. The predicted octanol–water partition coefficient (Wildman–Crippen LogP) is 2.43. The highest BCUT2D eigenvalue weighted by Gasteiger charge is 2.27. The molecule has 0 spiro atoms. The number of benzene rings is 1. The van der Waals surface area contributed by atoms with E-state index in [1.165, 1.54) is 6.07 Å². The van der Waals surface area contributed by atoms with E-state index in [-0.39, 0.29) is 19.1 Å². The average molecular weight is 327 g/mol. The lowest BCUT2D eigenvalue weighted by Crippen LogP contribution is -2.23. The summed E-state index contributed by atoms with van der Waals surface area (Å²) in [7, 11) is 1.77. The number of alkyl halides is 3. The van der Waals surface area contributed by atoms with Gasteiger partial charge in [-0.25, -0.2) is 0 Å². The van der Waals surface area contributed by atoms with Crippen LogP contribution in [-0.2, 0) is 24.9 Å². The van der Waals surface area contributed by atoms with Crippen LogP contribution < -0.4 is 5.32 Å². The van der Waals surface area contributed by atoms with E-state index in [4.69, 9.17) is 0 Å². The van der Waals surface area contributed by atoms with E-state index in [0.29, 0.717) is 16.8 Å². The van der Waals surface area contributed by atoms with Crippen LogP contribution in [0.3, 0.4) is 0 Å². The number of carbonyl (C=O) groups is 1. The summed E-state index contributed by atoms with van der Waals surface area (Å²) in [6, 6.07) is 8.07. The Morgan fingerprint density at radius 3 is 2.78 bits per heavy atom. The first kappa shape index (κ1) is 17.0. The smallest absolute Gasteiger partial charge is 0.367 e. The third kappa shape index (κ3) is 5.74. The number of aryl methyl sites for hydroxylation is 1. The van der Waals surface area contributed by atoms with Crippen molar-refractivity contribution >= 4 is 5.91 Å². The number of nitrogens with one attached hydrogen (secondary N) is 1. The maximum Gasteiger partial charge on any atom is 0.411 e. The number of hydrogen-bond acceptors (Lipinski definition) is 3. The fraction of sp³-hybridized carbons (Fsp3) is 0.333. The lowest BCUT2D eigenvalue weighted by atomic mass is 10.1. The molecule has 2 aromatic rings. The molecule has 23 heavy (non-hydrogen) atoms. The minimum Gasteiger partial charge on any atom is -0.367 e. The molecule has 2 rings (SSSR count). The maximum absolute atomic E-state index is 12.0. The van der Waals surface area contributed by atoms with Crippen molar-refractivity contribution in [1.29, 1.82) is 0 Å². The molecule has 0 radical (unpaired) electrons. The second-order valence-electron chi connectivity index (χ2n) is 4.97. The van der Waals surface area contributed by atoms with Crippen molar-refractivity contribution in [3.8, 4) is 0 Å². The van der Waals surface area contributed by atoms with Crippen LogP contribution >= 0.6 is 0 Å². The lowest BCUT2D eigenvalue weighted by molar-refractivity contribution is -0.176. The van der Waals surface area contributed by atoms with Crippen LogP contribution in [0.15, 0.2) is 36.5 Å². The highest BCUT2D eigenvalue weighted by Crippen LogP contribution is 2.16. The van der Waals surface area contributed by atoms with Crippen LogP contribution in [0.4, 0.5) is 13.2 Å². The summed E-state index contributed by atoms with van der Waals surface area (Å²) in [5, 5.41) is 6.83. The van der Waals surface area contributed by atoms with Gasteiger partial charge in [0.25, 0.3) is 5.91 Å². The van der Waals surface area contributed by atoms with Gasteiger partial charge in [-0.1, -0.05) is 12.1 Å². The van der Waals surface area contributed by atoms with Gasteiger partial charge < -0.3 is 10.1 Å². The van der Waals surface area contributed by atoms with Gasteiger partial charge in [-0.15, -0.1) is 0 Å². The van der Waals surface area contributed by atoms with E-state index in [9.17, 15) is 18.0 Å². The molecule has 0 aliphatic rings. The summed E-state index contributed by atoms with van der Waals surface area (Å²) in [5.41, 5.74) is 1.57. The van der Waals surface area contributed by atoms with Gasteiger partial charge in [0.2, 0.25) is 0 Å². The topological polar surface area (TPSA) is 56.2 Å². The fourth-order valence-corrected chi connectivity index (χ4v) is 1.92. The minimum atomic E-state index is -4.36. The van der Waals surface area contributed by atoms with Crippen LogP contribution in [-0.4, -0.2) is 28.5 Å². The highest BCUT2D eigenvalue weighted by molar-refractivity contribution is 5.94. The summed E-state index contributed by atoms with van der Waals surface area (Å²) in [6.45, 7) is -1.25. The second-order valence-corrected chi connectivity index (χ2v) is 4.97. The van der Waals surface area contributed by atoms with Gasteiger partial charge >= 0.3 is 6.18 Å². The standard InChI is InChI=1S/C15H16F3N3O2/c1-21-6-5-13(20-21)8-19-14(22)12-4-2-3-11(7-12)9-23-10-15(16,17)18/h2-7H,8-10H2,1H3,(H,19,22). The molecule has 0 aliphatic heterocycles. The number of nitrogens with zero attached hydrogens (tertiary/aromatic N) is 2. The Balaban J connectivity index is 1.89. The molecule has 0 fully saturated rings. The molecule has 1 N–H and O–H groups in total. The molecule has 0 unspecified atom stereocenters. The molecule has 0 saturated carbocycles. The molecule has 124 valence electrons. The number of aromatic nitrogens is 2. The molecule has 1 aromatic heterocycles. The van der Waals surface area contributed by atoms with Crippen molar-refractivity contribution in [3.63, 3.8) is 0 Å². The lowest BCUT2D eigenvalue weighted by Gasteiger charge is -2.09. The van der Waals surface area contributed by atoms with Crippen LogP contribution in [0.5, 0.6) is 0 Å². The number of carbonyl (C=O) groups excluding carboxylic acids is 1. The summed E-state index contributed by atoms with van der Waals surface area (Å²) >= 11 is 0. The number of rotatable bonds is 6. The van der Waals surface area contributed by atoms with Crippen molar-refractivity contribution in [3.05, 3.63) is 53.3 Å². The quantitative estimate of drug-likeness (QED) is 0.886. The molecule has 0 bridgehead atoms. The molecule has 0 saturated heterocycles. The largest absolute Gasteiger partial charge is 0.411 e. The van der Waals surface area contributed by atoms with Gasteiger partial charge in [0, 0.05) is 18.8 Å². The molecule has 8 heteroatoms. The first-order valence-electron chi connectivity index (χ1n) is 6.84. The third-order valence-electron chi connectivity index (χ3n) is 2.92. The van der Waals surface area contributed by atoms with Crippen LogP contribution in [0.2, 0.25) is 0 Å². The number of amides is 1. The average Bonchev–Trinajstić information content (AvgIpc) is 2.89. The molecular weight excluding hydrogens is 311 g/mol. The summed E-state index contributed by atoms with van der Waals surface area (Å²) in [4.78, 5) is 12.0. The Hall–Kier alpha value is -2.35. The summed E-state index contributed by atoms with van der Waals surface area (Å²) in [6.07, 6.45) is -2.60. The first-order valence-corrected chi connectivity index (χ1v) is 6.84. The molecule has 1 amide bonds. The number of halogens is 3. The second kappa shape index (κ2) is 7.28. The summed E-state index contributed by atoms with van der Waals surface area (Å²) in [5.74, 6) is -0.326. The van der Waals surface area contributed by atoms with Crippen LogP contribution in [0, 0.1) is 0 Å². The van der Waals surface area contributed by atoms with Crippen molar-refractivity contribution < 1.29 is 22.7 Å². The van der Waals surface area contributed by atoms with Gasteiger partial charge in [-0.2, -0.15) is 18.3 Å². The molecule has 1 aromatic carbocycles. The van der Waals surface area contributed by atoms with Gasteiger partial charge in [0.15, 0.2) is 0 Å². The van der Waals surface area contributed by atoms with E-state index >= 15 is 0 Å². The predicted molar refractivity (Wildman–Crippen MR) is 76.5 cm³/mol. The monoisotopic (exact) mass is 327 g/mol. The zero-order valence-corrected chi connectivity index (χ0v) is 12.4. The zero-order valence-electron chi connectivity index (χ0n) is 12.4. The van der Waals surface area contributed by atoms with Gasteiger partial charge in [0.05, 0.1) is 18.8 Å². The zero-order chi connectivity index (χ0) is 16.9. The van der Waals surface area contributed by atoms with Crippen molar-refractivity contribution in [1.82, 2.24) is 15.1 Å². The molecular formula is C15H16F3N3O2. The minimum absolute atomic E-state index is 0.207. The van der Waals surface area contributed by atoms with E-state index in [1.54, 1.807) is 42.2 Å². The van der Waals surface area contributed by atoms with Crippen LogP contribution in [0.1, 0.15) is 21.6 Å². The fourth-order valence-electron chi connectivity index (χ4n) is 1.92. The SMILES string of the molecule is Cn1ccc(CNC(=O)c2cccc(COCC(F)(F)F)c2)n1. The molecule has 0 aliphatic carbocycles. The van der Waals surface area contributed by atoms with E-state index in [0.717, 1.165) is 0 Å². The number of ether oxygens (including phenoxy) is 1.